The highest BCUT2D eigenvalue weighted by Crippen LogP contribution is 2.27. The van der Waals surface area contributed by atoms with Crippen molar-refractivity contribution in [3.63, 3.8) is 0 Å². The van der Waals surface area contributed by atoms with Gasteiger partial charge in [0.2, 0.25) is 0 Å². The summed E-state index contributed by atoms with van der Waals surface area (Å²) in [5, 5.41) is 6.82. The van der Waals surface area contributed by atoms with Gasteiger partial charge in [0.15, 0.2) is 11.6 Å². The molecule has 24 heavy (non-hydrogen) atoms. The summed E-state index contributed by atoms with van der Waals surface area (Å²) in [6.45, 7) is 5.75. The van der Waals surface area contributed by atoms with Gasteiger partial charge in [-0.3, -0.25) is 0 Å². The van der Waals surface area contributed by atoms with E-state index >= 15 is 0 Å². The first-order valence-electron chi connectivity index (χ1n) is 8.25. The van der Waals surface area contributed by atoms with Gasteiger partial charge in [-0.25, -0.2) is 14.4 Å². The molecular formula is C18H23FN4O. The van der Waals surface area contributed by atoms with Gasteiger partial charge in [0, 0.05) is 18.5 Å². The van der Waals surface area contributed by atoms with E-state index in [9.17, 15) is 4.39 Å². The summed E-state index contributed by atoms with van der Waals surface area (Å²) in [6.07, 6.45) is 1.79. The lowest BCUT2D eigenvalue weighted by Crippen LogP contribution is -2.16. The molecule has 128 valence electrons. The van der Waals surface area contributed by atoms with Crippen LogP contribution in [0.2, 0.25) is 0 Å². The summed E-state index contributed by atoms with van der Waals surface area (Å²) in [6, 6.07) is 4.96. The SMILES string of the molecule is COc1ccc(C(C)Nc2nc(C)nc3c2CCNCC3)cc1F. The highest BCUT2D eigenvalue weighted by atomic mass is 19.1. The van der Waals surface area contributed by atoms with Crippen LogP contribution in [0.25, 0.3) is 0 Å². The smallest absolute Gasteiger partial charge is 0.165 e. The molecule has 0 saturated carbocycles. The minimum Gasteiger partial charge on any atom is -0.494 e. The van der Waals surface area contributed by atoms with Gasteiger partial charge < -0.3 is 15.4 Å². The Morgan fingerprint density at radius 3 is 2.79 bits per heavy atom. The Hall–Kier alpha value is -2.21. The van der Waals surface area contributed by atoms with E-state index in [4.69, 9.17) is 4.74 Å². The number of nitrogens with zero attached hydrogens (tertiary/aromatic N) is 2. The first kappa shape index (κ1) is 16.6. The third-order valence-electron chi connectivity index (χ3n) is 4.32. The van der Waals surface area contributed by atoms with Gasteiger partial charge in [0.05, 0.1) is 18.8 Å². The van der Waals surface area contributed by atoms with Crippen LogP contribution >= 0.6 is 0 Å². The first-order valence-corrected chi connectivity index (χ1v) is 8.25. The van der Waals surface area contributed by atoms with Crippen LogP contribution in [0.5, 0.6) is 5.75 Å². The van der Waals surface area contributed by atoms with Crippen molar-refractivity contribution in [2.45, 2.75) is 32.7 Å². The van der Waals surface area contributed by atoms with Crippen LogP contribution in [0, 0.1) is 12.7 Å². The number of aryl methyl sites for hydroxylation is 1. The number of anilines is 1. The highest BCUT2D eigenvalue weighted by Gasteiger charge is 2.18. The predicted octanol–water partition coefficient (Wildman–Crippen LogP) is 2.79. The van der Waals surface area contributed by atoms with E-state index in [2.05, 4.69) is 20.6 Å². The number of hydrogen-bond acceptors (Lipinski definition) is 5. The zero-order valence-corrected chi connectivity index (χ0v) is 14.3. The molecule has 1 aliphatic heterocycles. The molecule has 6 heteroatoms. The summed E-state index contributed by atoms with van der Waals surface area (Å²) in [4.78, 5) is 9.16. The van der Waals surface area contributed by atoms with Crippen LogP contribution in [0.4, 0.5) is 10.2 Å². The second-order valence-corrected chi connectivity index (χ2v) is 6.05. The van der Waals surface area contributed by atoms with Crippen molar-refractivity contribution >= 4 is 5.82 Å². The largest absolute Gasteiger partial charge is 0.494 e. The van der Waals surface area contributed by atoms with Gasteiger partial charge in [0.25, 0.3) is 0 Å². The van der Waals surface area contributed by atoms with Gasteiger partial charge in [-0.2, -0.15) is 0 Å². The monoisotopic (exact) mass is 330 g/mol. The number of halogens is 1. The van der Waals surface area contributed by atoms with Crippen LogP contribution in [-0.2, 0) is 12.8 Å². The number of benzene rings is 1. The number of nitrogens with one attached hydrogen (secondary N) is 2. The Labute approximate surface area is 141 Å². The maximum absolute atomic E-state index is 14.0. The Balaban J connectivity index is 1.87. The molecule has 1 atom stereocenters. The molecule has 1 aromatic heterocycles. The van der Waals surface area contributed by atoms with Crippen molar-refractivity contribution in [2.75, 3.05) is 25.5 Å². The summed E-state index contributed by atoms with van der Waals surface area (Å²) >= 11 is 0. The molecule has 0 radical (unpaired) electrons. The van der Waals surface area contributed by atoms with Crippen LogP contribution in [0.15, 0.2) is 18.2 Å². The van der Waals surface area contributed by atoms with Crippen molar-refractivity contribution in [3.8, 4) is 5.75 Å². The fraction of sp³-hybridized carbons (Fsp3) is 0.444. The minimum absolute atomic E-state index is 0.0694. The second kappa shape index (κ2) is 7.13. The summed E-state index contributed by atoms with van der Waals surface area (Å²) in [5.41, 5.74) is 3.11. The van der Waals surface area contributed by atoms with Crippen LogP contribution in [0.1, 0.15) is 35.6 Å². The topological polar surface area (TPSA) is 59.1 Å². The fourth-order valence-corrected chi connectivity index (χ4v) is 3.03. The number of fused-ring (bicyclic) bond motifs is 1. The summed E-state index contributed by atoms with van der Waals surface area (Å²) < 4.78 is 18.9. The van der Waals surface area contributed by atoms with E-state index in [-0.39, 0.29) is 17.6 Å². The summed E-state index contributed by atoms with van der Waals surface area (Å²) in [7, 11) is 1.47. The molecule has 1 aromatic carbocycles. The summed E-state index contributed by atoms with van der Waals surface area (Å²) in [5.74, 6) is 1.51. The maximum atomic E-state index is 14.0. The van der Waals surface area contributed by atoms with Crippen molar-refractivity contribution in [2.24, 2.45) is 0 Å². The molecule has 0 aliphatic carbocycles. The lowest BCUT2D eigenvalue weighted by molar-refractivity contribution is 0.386. The average molecular weight is 330 g/mol. The molecule has 1 aliphatic rings. The molecule has 0 amide bonds. The Morgan fingerprint density at radius 1 is 1.25 bits per heavy atom. The van der Waals surface area contributed by atoms with Crippen molar-refractivity contribution in [3.05, 3.63) is 46.7 Å². The maximum Gasteiger partial charge on any atom is 0.165 e. The Kier molecular flexibility index (Phi) is 4.94. The number of rotatable bonds is 4. The molecule has 2 N–H and O–H groups in total. The molecule has 0 saturated heterocycles. The van der Waals surface area contributed by atoms with Gasteiger partial charge in [-0.15, -0.1) is 0 Å². The number of aromatic nitrogens is 2. The highest BCUT2D eigenvalue weighted by molar-refractivity contribution is 5.49. The standard InChI is InChI=1S/C18H23FN4O/c1-11(13-4-5-17(24-3)15(19)10-13)21-18-14-6-8-20-9-7-16(14)22-12(2)23-18/h4-5,10-11,20H,6-9H2,1-3H3,(H,21,22,23). The third kappa shape index (κ3) is 3.48. The van der Waals surface area contributed by atoms with Crippen molar-refractivity contribution < 1.29 is 9.13 Å². The van der Waals surface area contributed by atoms with Crippen molar-refractivity contribution in [1.82, 2.24) is 15.3 Å². The van der Waals surface area contributed by atoms with Gasteiger partial charge in [-0.05, 0) is 44.5 Å². The van der Waals surface area contributed by atoms with Gasteiger partial charge in [0.1, 0.15) is 11.6 Å². The lowest BCUT2D eigenvalue weighted by atomic mass is 10.1. The number of ether oxygens (including phenoxy) is 1. The van der Waals surface area contributed by atoms with Crippen LogP contribution < -0.4 is 15.4 Å². The molecule has 0 fully saturated rings. The molecule has 3 rings (SSSR count). The van der Waals surface area contributed by atoms with E-state index in [1.54, 1.807) is 6.07 Å². The van der Waals surface area contributed by atoms with Gasteiger partial charge in [-0.1, -0.05) is 6.07 Å². The quantitative estimate of drug-likeness (QED) is 0.903. The number of methoxy groups -OCH3 is 1. The fourth-order valence-electron chi connectivity index (χ4n) is 3.03. The molecule has 1 unspecified atom stereocenters. The zero-order chi connectivity index (χ0) is 17.1. The predicted molar refractivity (Wildman–Crippen MR) is 92.0 cm³/mol. The normalized spacial score (nSPS) is 15.3. The molecular weight excluding hydrogens is 307 g/mol. The first-order chi connectivity index (χ1) is 11.6. The Morgan fingerprint density at radius 2 is 2.04 bits per heavy atom. The molecule has 0 bridgehead atoms. The van der Waals surface area contributed by atoms with Crippen LogP contribution in [0.3, 0.4) is 0 Å². The van der Waals surface area contributed by atoms with E-state index in [0.29, 0.717) is 0 Å². The van der Waals surface area contributed by atoms with E-state index in [1.165, 1.54) is 13.2 Å². The van der Waals surface area contributed by atoms with Crippen molar-refractivity contribution in [1.29, 1.82) is 0 Å². The molecule has 0 spiro atoms. The zero-order valence-electron chi connectivity index (χ0n) is 14.3. The minimum atomic E-state index is -0.356. The number of hydrogen-bond donors (Lipinski definition) is 2. The molecule has 2 aromatic rings. The molecule has 2 heterocycles. The average Bonchev–Trinajstić information content (AvgIpc) is 2.80. The van der Waals surface area contributed by atoms with E-state index in [1.807, 2.05) is 19.9 Å². The molecule has 5 nitrogen and oxygen atoms in total. The second-order valence-electron chi connectivity index (χ2n) is 6.05. The lowest BCUT2D eigenvalue weighted by Gasteiger charge is -2.19. The van der Waals surface area contributed by atoms with E-state index in [0.717, 1.165) is 54.4 Å². The Bertz CT molecular complexity index is 735. The van der Waals surface area contributed by atoms with Gasteiger partial charge >= 0.3 is 0 Å². The van der Waals surface area contributed by atoms with Crippen LogP contribution in [-0.4, -0.2) is 30.2 Å². The third-order valence-corrected chi connectivity index (χ3v) is 4.32. The van der Waals surface area contributed by atoms with E-state index < -0.39 is 0 Å².